The number of carbonyl (C=O) groups is 1. The maximum absolute atomic E-state index is 10.9. The normalized spacial score (nSPS) is 23.2. The molecular formula is C5H7IN2O2. The number of amides is 1. The van der Waals surface area contributed by atoms with Crippen molar-refractivity contribution in [3.63, 3.8) is 0 Å². The highest BCUT2D eigenvalue weighted by Gasteiger charge is 2.22. The Morgan fingerprint density at radius 3 is 3.00 bits per heavy atom. The summed E-state index contributed by atoms with van der Waals surface area (Å²) in [4.78, 5) is 14.7. The van der Waals surface area contributed by atoms with Crippen LogP contribution in [-0.4, -0.2) is 28.7 Å². The van der Waals surface area contributed by atoms with E-state index < -0.39 is 0 Å². The van der Waals surface area contributed by atoms with Crippen LogP contribution in [0.2, 0.25) is 0 Å². The molecule has 0 aliphatic carbocycles. The van der Waals surface area contributed by atoms with Crippen LogP contribution in [0.15, 0.2) is 4.99 Å². The van der Waals surface area contributed by atoms with Gasteiger partial charge in [-0.2, -0.15) is 0 Å². The second-order valence-electron chi connectivity index (χ2n) is 1.78. The third kappa shape index (κ3) is 1.39. The molecule has 0 saturated carbocycles. The van der Waals surface area contributed by atoms with Gasteiger partial charge in [0.2, 0.25) is 5.91 Å². The molecule has 1 saturated heterocycles. The third-order valence-electron chi connectivity index (χ3n) is 1.13. The zero-order chi connectivity index (χ0) is 7.56. The van der Waals surface area contributed by atoms with Gasteiger partial charge >= 0.3 is 6.02 Å². The van der Waals surface area contributed by atoms with Crippen molar-refractivity contribution in [2.75, 3.05) is 13.7 Å². The number of rotatable bonds is 0. The van der Waals surface area contributed by atoms with E-state index in [1.807, 2.05) is 22.9 Å². The maximum atomic E-state index is 10.9. The largest absolute Gasteiger partial charge is 0.464 e. The number of nitrogens with zero attached hydrogens (tertiary/aromatic N) is 2. The van der Waals surface area contributed by atoms with Crippen LogP contribution in [0.5, 0.6) is 0 Å². The van der Waals surface area contributed by atoms with Crippen molar-refractivity contribution in [3.05, 3.63) is 0 Å². The topological polar surface area (TPSA) is 41.9 Å². The van der Waals surface area contributed by atoms with E-state index in [2.05, 4.69) is 4.99 Å². The Balaban J connectivity index is 2.69. The van der Waals surface area contributed by atoms with Crippen LogP contribution >= 0.6 is 22.9 Å². The highest BCUT2D eigenvalue weighted by molar-refractivity contribution is 14.1. The molecule has 0 spiro atoms. The molecule has 0 unspecified atom stereocenters. The number of carbonyl (C=O) groups excluding carboxylic acids is 1. The summed E-state index contributed by atoms with van der Waals surface area (Å²) < 4.78 is 6.45. The van der Waals surface area contributed by atoms with Crippen molar-refractivity contribution in [1.29, 1.82) is 0 Å². The van der Waals surface area contributed by atoms with Gasteiger partial charge in [-0.3, -0.25) is 4.79 Å². The van der Waals surface area contributed by atoms with Crippen LogP contribution in [0.4, 0.5) is 0 Å². The molecule has 10 heavy (non-hydrogen) atoms. The Morgan fingerprint density at radius 1 is 1.80 bits per heavy atom. The summed E-state index contributed by atoms with van der Waals surface area (Å²) in [6.45, 7) is 0.449. The van der Waals surface area contributed by atoms with E-state index in [1.54, 1.807) is 7.05 Å². The summed E-state index contributed by atoms with van der Waals surface area (Å²) in [6, 6.07) is 0.400. The molecule has 4 nitrogen and oxygen atoms in total. The standard InChI is InChI=1S/C5H7IN2O2/c1-7-5-8(6)4(9)2-3-10-5/h2-3H2,1H3. The molecule has 0 aromatic heterocycles. The summed E-state index contributed by atoms with van der Waals surface area (Å²) in [5.41, 5.74) is 0. The molecule has 1 amide bonds. The highest BCUT2D eigenvalue weighted by Crippen LogP contribution is 2.10. The first kappa shape index (κ1) is 7.77. The first-order valence-electron chi connectivity index (χ1n) is 2.84. The van der Waals surface area contributed by atoms with E-state index in [0.717, 1.165) is 0 Å². The second kappa shape index (κ2) is 3.18. The van der Waals surface area contributed by atoms with Crippen LogP contribution in [0, 0.1) is 0 Å². The van der Waals surface area contributed by atoms with Crippen molar-refractivity contribution in [2.24, 2.45) is 4.99 Å². The minimum absolute atomic E-state index is 0.0486. The lowest BCUT2D eigenvalue weighted by molar-refractivity contribution is -0.125. The van der Waals surface area contributed by atoms with Crippen molar-refractivity contribution in [1.82, 2.24) is 3.11 Å². The third-order valence-corrected chi connectivity index (χ3v) is 2.08. The van der Waals surface area contributed by atoms with E-state index in [0.29, 0.717) is 19.0 Å². The Labute approximate surface area is 72.7 Å². The van der Waals surface area contributed by atoms with Crippen molar-refractivity contribution in [3.8, 4) is 0 Å². The molecule has 1 aliphatic heterocycles. The van der Waals surface area contributed by atoms with Crippen LogP contribution in [0.1, 0.15) is 6.42 Å². The Kier molecular flexibility index (Phi) is 2.47. The number of ether oxygens (including phenoxy) is 1. The fourth-order valence-corrected chi connectivity index (χ4v) is 1.24. The Hall–Kier alpha value is -0.330. The van der Waals surface area contributed by atoms with E-state index in [9.17, 15) is 4.79 Å². The number of amidine groups is 1. The first-order chi connectivity index (χ1) is 4.75. The van der Waals surface area contributed by atoms with Gasteiger partial charge in [-0.1, -0.05) is 0 Å². The van der Waals surface area contributed by atoms with Gasteiger partial charge < -0.3 is 4.74 Å². The zero-order valence-corrected chi connectivity index (χ0v) is 7.66. The lowest BCUT2D eigenvalue weighted by atomic mass is 10.4. The number of aliphatic imine (C=N–C) groups is 1. The summed E-state index contributed by atoms with van der Waals surface area (Å²) in [5, 5.41) is 0. The van der Waals surface area contributed by atoms with Gasteiger partial charge in [-0.15, -0.1) is 0 Å². The van der Waals surface area contributed by atoms with Crippen LogP contribution in [-0.2, 0) is 9.53 Å². The lowest BCUT2D eigenvalue weighted by Crippen LogP contribution is -2.35. The molecule has 1 rings (SSSR count). The van der Waals surface area contributed by atoms with Crippen LogP contribution in [0.25, 0.3) is 0 Å². The molecule has 0 radical (unpaired) electrons. The molecule has 0 atom stereocenters. The van der Waals surface area contributed by atoms with Gasteiger partial charge in [-0.05, 0) is 0 Å². The molecule has 5 heteroatoms. The highest BCUT2D eigenvalue weighted by atomic mass is 127. The SMILES string of the molecule is CN=C1OCCC(=O)N1I. The van der Waals surface area contributed by atoms with Crippen molar-refractivity contribution in [2.45, 2.75) is 6.42 Å². The summed E-state index contributed by atoms with van der Waals surface area (Å²) in [6.07, 6.45) is 0.446. The predicted molar refractivity (Wildman–Crippen MR) is 44.8 cm³/mol. The molecule has 0 N–H and O–H groups in total. The van der Waals surface area contributed by atoms with Gasteiger partial charge in [0.05, 0.1) is 29.3 Å². The molecule has 56 valence electrons. The smallest absolute Gasteiger partial charge is 0.303 e. The van der Waals surface area contributed by atoms with Crippen molar-refractivity contribution < 1.29 is 9.53 Å². The summed E-state index contributed by atoms with van der Waals surface area (Å²) in [7, 11) is 1.60. The summed E-state index contributed by atoms with van der Waals surface area (Å²) in [5.74, 6) is 0.0486. The van der Waals surface area contributed by atoms with Gasteiger partial charge in [-0.25, -0.2) is 8.11 Å². The van der Waals surface area contributed by atoms with Gasteiger partial charge in [0.15, 0.2) is 0 Å². The molecule has 1 aliphatic rings. The average Bonchev–Trinajstić information content (AvgIpc) is 1.95. The monoisotopic (exact) mass is 254 g/mol. The van der Waals surface area contributed by atoms with Gasteiger partial charge in [0.25, 0.3) is 0 Å². The van der Waals surface area contributed by atoms with E-state index in [4.69, 9.17) is 4.74 Å². The molecule has 1 heterocycles. The second-order valence-corrected chi connectivity index (χ2v) is 2.74. The van der Waals surface area contributed by atoms with Gasteiger partial charge in [0.1, 0.15) is 6.61 Å². The van der Waals surface area contributed by atoms with Crippen LogP contribution in [0.3, 0.4) is 0 Å². The molecule has 0 aromatic rings. The predicted octanol–water partition coefficient (Wildman–Crippen LogP) is 0.571. The van der Waals surface area contributed by atoms with Crippen LogP contribution < -0.4 is 0 Å². The first-order valence-corrected chi connectivity index (χ1v) is 3.80. The maximum Gasteiger partial charge on any atom is 0.303 e. The average molecular weight is 254 g/mol. The number of halogens is 1. The summed E-state index contributed by atoms with van der Waals surface area (Å²) >= 11 is 1.87. The molecule has 0 aromatic carbocycles. The molecular weight excluding hydrogens is 247 g/mol. The minimum Gasteiger partial charge on any atom is -0.464 e. The van der Waals surface area contributed by atoms with Crippen molar-refractivity contribution >= 4 is 34.8 Å². The van der Waals surface area contributed by atoms with E-state index >= 15 is 0 Å². The number of hydrogen-bond acceptors (Lipinski definition) is 3. The molecule has 0 bridgehead atoms. The molecule has 1 fully saturated rings. The zero-order valence-electron chi connectivity index (χ0n) is 5.50. The minimum atomic E-state index is 0.0486. The van der Waals surface area contributed by atoms with E-state index in [-0.39, 0.29) is 5.91 Å². The lowest BCUT2D eigenvalue weighted by Gasteiger charge is -2.21. The quantitative estimate of drug-likeness (QED) is 0.468. The van der Waals surface area contributed by atoms with E-state index in [1.165, 1.54) is 3.11 Å². The fraction of sp³-hybridized carbons (Fsp3) is 0.600. The fourth-order valence-electron chi connectivity index (χ4n) is 0.643. The Bertz CT molecular complexity index is 180. The van der Waals surface area contributed by atoms with Gasteiger partial charge in [0, 0.05) is 7.05 Å². The number of hydrogen-bond donors (Lipinski definition) is 0. The Morgan fingerprint density at radius 2 is 2.50 bits per heavy atom.